The summed E-state index contributed by atoms with van der Waals surface area (Å²) in [5.74, 6) is 0.914. The normalized spacial score (nSPS) is 10.7. The van der Waals surface area contributed by atoms with E-state index in [1.165, 1.54) is 22.9 Å². The molecule has 0 fully saturated rings. The summed E-state index contributed by atoms with van der Waals surface area (Å²) in [5.41, 5.74) is 3.66. The molecule has 0 saturated carbocycles. The topological polar surface area (TPSA) is 39.1 Å². The highest BCUT2D eigenvalue weighted by Gasteiger charge is 2.02. The molecular formula is C19H25N3S. The highest BCUT2D eigenvalue weighted by Crippen LogP contribution is 2.13. The number of amidine groups is 1. The first kappa shape index (κ1) is 17.6. The number of anilines is 1. The van der Waals surface area contributed by atoms with Crippen LogP contribution in [0.25, 0.3) is 0 Å². The van der Waals surface area contributed by atoms with Crippen molar-refractivity contribution >= 4 is 22.6 Å². The molecule has 0 bridgehead atoms. The van der Waals surface area contributed by atoms with Crippen molar-refractivity contribution in [2.75, 3.05) is 24.7 Å². The predicted octanol–water partition coefficient (Wildman–Crippen LogP) is 4.46. The van der Waals surface area contributed by atoms with E-state index in [0.717, 1.165) is 31.0 Å². The minimum Gasteiger partial charge on any atom is -0.335 e. The van der Waals surface area contributed by atoms with E-state index in [2.05, 4.69) is 78.8 Å². The molecule has 2 rings (SSSR count). The number of nitrogens with one attached hydrogen (secondary N) is 2. The summed E-state index contributed by atoms with van der Waals surface area (Å²) in [7, 11) is 2.16. The van der Waals surface area contributed by atoms with Gasteiger partial charge < -0.3 is 10.2 Å². The molecule has 4 heteroatoms. The lowest BCUT2D eigenvalue weighted by molar-refractivity contribution is 0.331. The molecule has 0 aromatic heterocycles. The minimum atomic E-state index is 0.503. The largest absolute Gasteiger partial charge is 0.335 e. The number of rotatable bonds is 7. The first-order valence-electron chi connectivity index (χ1n) is 7.97. The van der Waals surface area contributed by atoms with E-state index >= 15 is 0 Å². The van der Waals surface area contributed by atoms with E-state index in [0.29, 0.717) is 5.17 Å². The first-order valence-corrected chi connectivity index (χ1v) is 8.95. The van der Waals surface area contributed by atoms with Crippen LogP contribution in [-0.2, 0) is 13.0 Å². The summed E-state index contributed by atoms with van der Waals surface area (Å²) in [4.78, 5) is 2.34. The third-order valence-electron chi connectivity index (χ3n) is 3.58. The molecular weight excluding hydrogens is 302 g/mol. The van der Waals surface area contributed by atoms with Crippen LogP contribution in [0, 0.1) is 5.41 Å². The van der Waals surface area contributed by atoms with Crippen LogP contribution in [0.4, 0.5) is 5.69 Å². The molecule has 23 heavy (non-hydrogen) atoms. The zero-order valence-corrected chi connectivity index (χ0v) is 14.7. The number of likely N-dealkylation sites (N-methyl/N-ethyl adjacent to an activating group) is 1. The van der Waals surface area contributed by atoms with Gasteiger partial charge in [-0.05, 0) is 42.5 Å². The lowest BCUT2D eigenvalue weighted by Crippen LogP contribution is -2.20. The van der Waals surface area contributed by atoms with Gasteiger partial charge in [-0.2, -0.15) is 0 Å². The van der Waals surface area contributed by atoms with Crippen molar-refractivity contribution < 1.29 is 0 Å². The molecule has 0 saturated heterocycles. The molecule has 0 aliphatic heterocycles. The van der Waals surface area contributed by atoms with Gasteiger partial charge in [0.25, 0.3) is 0 Å². The highest BCUT2D eigenvalue weighted by molar-refractivity contribution is 8.14. The third-order valence-corrected chi connectivity index (χ3v) is 4.26. The first-order chi connectivity index (χ1) is 11.2. The quantitative estimate of drug-likeness (QED) is 0.582. The van der Waals surface area contributed by atoms with Gasteiger partial charge in [0.1, 0.15) is 0 Å². The Hall–Kier alpha value is -1.78. The minimum absolute atomic E-state index is 0.503. The Balaban J connectivity index is 1.78. The standard InChI is InChI=1S/C19H25N3S/c1-3-23-19(20)21-18-11-9-16(10-12-18)13-14-22(2)15-17-7-5-4-6-8-17/h4-12H,3,13-15H2,1-2H3,(H2,20,21). The van der Waals surface area contributed by atoms with Crippen LogP contribution in [0.2, 0.25) is 0 Å². The zero-order valence-electron chi connectivity index (χ0n) is 13.9. The lowest BCUT2D eigenvalue weighted by atomic mass is 10.1. The predicted molar refractivity (Wildman–Crippen MR) is 102 cm³/mol. The molecule has 0 atom stereocenters. The van der Waals surface area contributed by atoms with E-state index in [4.69, 9.17) is 5.41 Å². The van der Waals surface area contributed by atoms with Crippen LogP contribution >= 0.6 is 11.8 Å². The van der Waals surface area contributed by atoms with E-state index in [1.54, 1.807) is 0 Å². The van der Waals surface area contributed by atoms with Gasteiger partial charge in [-0.25, -0.2) is 0 Å². The Labute approximate surface area is 143 Å². The Morgan fingerprint density at radius 2 is 1.74 bits per heavy atom. The van der Waals surface area contributed by atoms with Crippen molar-refractivity contribution in [3.05, 3.63) is 65.7 Å². The molecule has 0 aliphatic rings. The molecule has 3 nitrogen and oxygen atoms in total. The molecule has 122 valence electrons. The van der Waals surface area contributed by atoms with Crippen LogP contribution < -0.4 is 5.32 Å². The SMILES string of the molecule is CCSC(=N)Nc1ccc(CCN(C)Cc2ccccc2)cc1. The van der Waals surface area contributed by atoms with Crippen molar-refractivity contribution in [3.63, 3.8) is 0 Å². The Kier molecular flexibility index (Phi) is 7.17. The van der Waals surface area contributed by atoms with E-state index in [1.807, 2.05) is 0 Å². The molecule has 2 aromatic rings. The Bertz CT molecular complexity index is 596. The van der Waals surface area contributed by atoms with Crippen LogP contribution in [0.1, 0.15) is 18.1 Å². The van der Waals surface area contributed by atoms with Crippen molar-refractivity contribution in [1.82, 2.24) is 4.90 Å². The second-order valence-corrected chi connectivity index (χ2v) is 6.83. The fraction of sp³-hybridized carbons (Fsp3) is 0.316. The van der Waals surface area contributed by atoms with Gasteiger partial charge in [0, 0.05) is 18.8 Å². The van der Waals surface area contributed by atoms with Crippen molar-refractivity contribution in [3.8, 4) is 0 Å². The number of hydrogen-bond donors (Lipinski definition) is 2. The molecule has 0 unspecified atom stereocenters. The van der Waals surface area contributed by atoms with Gasteiger partial charge in [0.15, 0.2) is 5.17 Å². The Morgan fingerprint density at radius 1 is 1.04 bits per heavy atom. The molecule has 0 radical (unpaired) electrons. The summed E-state index contributed by atoms with van der Waals surface area (Å²) in [6.07, 6.45) is 1.03. The van der Waals surface area contributed by atoms with Gasteiger partial charge in [-0.15, -0.1) is 0 Å². The van der Waals surface area contributed by atoms with Crippen LogP contribution in [0.3, 0.4) is 0 Å². The van der Waals surface area contributed by atoms with Crippen LogP contribution in [-0.4, -0.2) is 29.4 Å². The third kappa shape index (κ3) is 6.47. The van der Waals surface area contributed by atoms with Crippen LogP contribution in [0.5, 0.6) is 0 Å². The Morgan fingerprint density at radius 3 is 2.39 bits per heavy atom. The summed E-state index contributed by atoms with van der Waals surface area (Å²) in [5, 5.41) is 11.4. The second kappa shape index (κ2) is 9.38. The fourth-order valence-electron chi connectivity index (χ4n) is 2.36. The van der Waals surface area contributed by atoms with Crippen LogP contribution in [0.15, 0.2) is 54.6 Å². The summed E-state index contributed by atoms with van der Waals surface area (Å²) >= 11 is 1.51. The number of hydrogen-bond acceptors (Lipinski definition) is 3. The molecule has 0 aliphatic carbocycles. The summed E-state index contributed by atoms with van der Waals surface area (Å²) in [6, 6.07) is 18.9. The van der Waals surface area contributed by atoms with E-state index in [9.17, 15) is 0 Å². The van der Waals surface area contributed by atoms with Crippen molar-refractivity contribution in [1.29, 1.82) is 5.41 Å². The number of benzene rings is 2. The second-order valence-electron chi connectivity index (χ2n) is 5.56. The molecule has 0 amide bonds. The number of thioether (sulfide) groups is 1. The van der Waals surface area contributed by atoms with Crippen molar-refractivity contribution in [2.45, 2.75) is 19.9 Å². The summed E-state index contributed by atoms with van der Waals surface area (Å²) < 4.78 is 0. The molecule has 0 spiro atoms. The van der Waals surface area contributed by atoms with E-state index < -0.39 is 0 Å². The van der Waals surface area contributed by atoms with Gasteiger partial charge in [0.2, 0.25) is 0 Å². The molecule has 2 N–H and O–H groups in total. The van der Waals surface area contributed by atoms with Gasteiger partial charge in [-0.1, -0.05) is 61.2 Å². The molecule has 0 heterocycles. The molecule has 2 aromatic carbocycles. The summed E-state index contributed by atoms with van der Waals surface area (Å²) in [6.45, 7) is 4.06. The smallest absolute Gasteiger partial charge is 0.158 e. The fourth-order valence-corrected chi connectivity index (χ4v) is 2.84. The maximum absolute atomic E-state index is 7.77. The average molecular weight is 327 g/mol. The van der Waals surface area contributed by atoms with Crippen molar-refractivity contribution in [2.24, 2.45) is 0 Å². The van der Waals surface area contributed by atoms with Gasteiger partial charge in [0.05, 0.1) is 0 Å². The zero-order chi connectivity index (χ0) is 16.5. The van der Waals surface area contributed by atoms with Gasteiger partial charge >= 0.3 is 0 Å². The number of nitrogens with zero attached hydrogens (tertiary/aromatic N) is 1. The monoisotopic (exact) mass is 327 g/mol. The lowest BCUT2D eigenvalue weighted by Gasteiger charge is -2.16. The van der Waals surface area contributed by atoms with Gasteiger partial charge in [-0.3, -0.25) is 5.41 Å². The average Bonchev–Trinajstić information content (AvgIpc) is 2.55. The maximum Gasteiger partial charge on any atom is 0.158 e. The van der Waals surface area contributed by atoms with E-state index in [-0.39, 0.29) is 0 Å². The highest BCUT2D eigenvalue weighted by atomic mass is 32.2. The maximum atomic E-state index is 7.77.